The van der Waals surface area contributed by atoms with Gasteiger partial charge in [-0.05, 0) is 0 Å². The van der Waals surface area contributed by atoms with E-state index in [4.69, 9.17) is 0 Å². The molecule has 0 saturated heterocycles. The van der Waals surface area contributed by atoms with E-state index in [1.54, 1.807) is 18.6 Å². The Morgan fingerprint density at radius 1 is 1.08 bits per heavy atom. The summed E-state index contributed by atoms with van der Waals surface area (Å²) in [5.74, 6) is 0. The van der Waals surface area contributed by atoms with Crippen LogP contribution in [0.5, 0.6) is 0 Å². The summed E-state index contributed by atoms with van der Waals surface area (Å²) >= 11 is 8.43. The van der Waals surface area contributed by atoms with E-state index in [9.17, 15) is 0 Å². The van der Waals surface area contributed by atoms with Crippen LogP contribution >= 0.6 is 41.9 Å². The second-order valence-electron chi connectivity index (χ2n) is 1.95. The standard InChI is InChI=1S/C7H7.Ni.2H2S2/c1-7-5-3-2-4-6-7;;2*1-2/h2-6H,1H2;;2*1-2H/q;+2;;/p-2. The van der Waals surface area contributed by atoms with Gasteiger partial charge >= 0.3 is 94.5 Å². The van der Waals surface area contributed by atoms with Crippen molar-refractivity contribution >= 4 is 41.9 Å². The second kappa shape index (κ2) is 6.55. The molecule has 0 aliphatic carbocycles. The van der Waals surface area contributed by atoms with Crippen LogP contribution in [0.3, 0.4) is 0 Å². The molecule has 1 aromatic carbocycles. The molecule has 1 rings (SSSR count). The van der Waals surface area contributed by atoms with Gasteiger partial charge in [-0.25, -0.2) is 0 Å². The minimum atomic E-state index is 0.0437. The third-order valence-electron chi connectivity index (χ3n) is 1.19. The average molecular weight is 280 g/mol. The van der Waals surface area contributed by atoms with Gasteiger partial charge in [-0.2, -0.15) is 0 Å². The van der Waals surface area contributed by atoms with E-state index in [-0.39, 0.29) is 11.2 Å². The van der Waals surface area contributed by atoms with Crippen molar-refractivity contribution in [2.45, 2.75) is 5.39 Å². The molecule has 0 unspecified atom stereocenters. The third-order valence-corrected chi connectivity index (χ3v) is 10.8. The van der Waals surface area contributed by atoms with Gasteiger partial charge in [-0.15, -0.1) is 0 Å². The van der Waals surface area contributed by atoms with Crippen LogP contribution < -0.4 is 0 Å². The number of hydrogen-bond acceptors (Lipinski definition) is 4. The van der Waals surface area contributed by atoms with E-state index in [0.717, 1.165) is 5.39 Å². The first kappa shape index (κ1) is 11.2. The Balaban J connectivity index is 2.51. The van der Waals surface area contributed by atoms with Crippen molar-refractivity contribution in [2.24, 2.45) is 0 Å². The summed E-state index contributed by atoms with van der Waals surface area (Å²) in [5, 5.41) is 1.06. The van der Waals surface area contributed by atoms with Gasteiger partial charge in [0.05, 0.1) is 0 Å². The van der Waals surface area contributed by atoms with Crippen molar-refractivity contribution < 1.29 is 11.2 Å². The summed E-state index contributed by atoms with van der Waals surface area (Å²) in [6.07, 6.45) is 0. The number of hydrogen-bond donors (Lipinski definition) is 2. The summed E-state index contributed by atoms with van der Waals surface area (Å²) in [4.78, 5) is 0. The van der Waals surface area contributed by atoms with Crippen molar-refractivity contribution in [3.05, 3.63) is 35.9 Å². The first-order valence-electron chi connectivity index (χ1n) is 3.11. The Labute approximate surface area is 93.8 Å². The van der Waals surface area contributed by atoms with E-state index in [1.165, 1.54) is 5.56 Å². The average Bonchev–Trinajstić information content (AvgIpc) is 2.16. The van der Waals surface area contributed by atoms with Crippen LogP contribution in [0.1, 0.15) is 5.56 Å². The van der Waals surface area contributed by atoms with E-state index in [0.29, 0.717) is 0 Å². The zero-order valence-corrected chi connectivity index (χ0v) is 10.5. The van der Waals surface area contributed by atoms with Crippen LogP contribution in [0.15, 0.2) is 30.3 Å². The fourth-order valence-corrected chi connectivity index (χ4v) is 7.12. The molecule has 71 valence electrons. The molecular formula is C7H9NiS4. The van der Waals surface area contributed by atoms with Crippen LogP contribution in [-0.2, 0) is 16.6 Å². The molecule has 0 bridgehead atoms. The monoisotopic (exact) mass is 279 g/mol. The summed E-state index contributed by atoms with van der Waals surface area (Å²) in [6, 6.07) is 10.4. The predicted octanol–water partition coefficient (Wildman–Crippen LogP) is 3.79. The van der Waals surface area contributed by atoms with Gasteiger partial charge in [0.2, 0.25) is 0 Å². The molecule has 12 heavy (non-hydrogen) atoms. The van der Waals surface area contributed by atoms with Crippen molar-refractivity contribution in [2.75, 3.05) is 0 Å². The molecule has 0 atom stereocenters. The summed E-state index contributed by atoms with van der Waals surface area (Å²) in [6.45, 7) is 0. The van der Waals surface area contributed by atoms with Crippen molar-refractivity contribution in [1.82, 2.24) is 0 Å². The Bertz CT molecular complexity index is 212. The predicted molar refractivity (Wildman–Crippen MR) is 63.3 cm³/mol. The van der Waals surface area contributed by atoms with Gasteiger partial charge in [0.1, 0.15) is 0 Å². The molecule has 0 saturated carbocycles. The normalized spacial score (nSPS) is 11.3. The van der Waals surface area contributed by atoms with Gasteiger partial charge in [-0.3, -0.25) is 0 Å². The molecule has 0 amide bonds. The zero-order chi connectivity index (χ0) is 8.81. The van der Waals surface area contributed by atoms with Crippen LogP contribution in [-0.4, -0.2) is 0 Å². The Hall–Kier alpha value is 1.11. The van der Waals surface area contributed by atoms with Gasteiger partial charge < -0.3 is 0 Å². The quantitative estimate of drug-likeness (QED) is 0.489. The Morgan fingerprint density at radius 3 is 2.17 bits per heavy atom. The molecule has 0 nitrogen and oxygen atoms in total. The molecule has 1 aromatic rings. The first-order valence-corrected chi connectivity index (χ1v) is 9.67. The van der Waals surface area contributed by atoms with Crippen LogP contribution in [0.2, 0.25) is 0 Å². The van der Waals surface area contributed by atoms with Crippen LogP contribution in [0.4, 0.5) is 0 Å². The van der Waals surface area contributed by atoms with E-state index >= 15 is 0 Å². The number of benzene rings is 1. The fraction of sp³-hybridized carbons (Fsp3) is 0.143. The molecule has 0 aromatic heterocycles. The summed E-state index contributed by atoms with van der Waals surface area (Å²) < 4.78 is 0. The summed E-state index contributed by atoms with van der Waals surface area (Å²) in [5.41, 5.74) is 1.36. The molecule has 0 aliphatic heterocycles. The van der Waals surface area contributed by atoms with Crippen molar-refractivity contribution in [1.29, 1.82) is 0 Å². The molecule has 0 aliphatic rings. The summed E-state index contributed by atoms with van der Waals surface area (Å²) in [7, 11) is 3.17. The zero-order valence-electron chi connectivity index (χ0n) is 6.12. The maximum atomic E-state index is 4.19. The molecule has 0 N–H and O–H groups in total. The molecule has 0 radical (unpaired) electrons. The van der Waals surface area contributed by atoms with Gasteiger partial charge in [-0.1, -0.05) is 0 Å². The molecule has 5 heteroatoms. The van der Waals surface area contributed by atoms with E-state index in [2.05, 4.69) is 47.6 Å². The molecule has 0 heterocycles. The number of thiol groups is 2. The van der Waals surface area contributed by atoms with Gasteiger partial charge in [0.15, 0.2) is 0 Å². The van der Waals surface area contributed by atoms with Crippen molar-refractivity contribution in [3.63, 3.8) is 0 Å². The number of rotatable bonds is 4. The molecule has 0 fully saturated rings. The van der Waals surface area contributed by atoms with Crippen LogP contribution in [0.25, 0.3) is 0 Å². The topological polar surface area (TPSA) is 0 Å². The fourth-order valence-electron chi connectivity index (χ4n) is 0.709. The van der Waals surface area contributed by atoms with Crippen molar-refractivity contribution in [3.8, 4) is 0 Å². The van der Waals surface area contributed by atoms with E-state index < -0.39 is 0 Å². The maximum absolute atomic E-state index is 4.19. The first-order chi connectivity index (χ1) is 5.86. The van der Waals surface area contributed by atoms with E-state index in [1.807, 2.05) is 6.07 Å². The molecule has 0 spiro atoms. The molecular weight excluding hydrogens is 271 g/mol. The van der Waals surface area contributed by atoms with Gasteiger partial charge in [0.25, 0.3) is 0 Å². The second-order valence-corrected chi connectivity index (χ2v) is 10.4. The van der Waals surface area contributed by atoms with Crippen LogP contribution in [0, 0.1) is 0 Å². The van der Waals surface area contributed by atoms with Gasteiger partial charge in [0, 0.05) is 0 Å². The Morgan fingerprint density at radius 2 is 1.67 bits per heavy atom. The SMILES string of the molecule is S[S][Ni]([CH2]c1ccccc1)[S]S. The third kappa shape index (κ3) is 3.88. The Kier molecular flexibility index (Phi) is 6.11. The minimum absolute atomic E-state index is 0.0437.